The molecule has 0 atom stereocenters. The van der Waals surface area contributed by atoms with E-state index < -0.39 is 0 Å². The maximum absolute atomic E-state index is 13.6. The molecular formula is C19H23FN2O2. The number of carbonyl (C=O) groups excluding carboxylic acids is 1. The molecule has 4 nitrogen and oxygen atoms in total. The molecule has 1 amide bonds. The number of ether oxygens (including phenoxy) is 1. The van der Waals surface area contributed by atoms with E-state index in [-0.39, 0.29) is 17.5 Å². The van der Waals surface area contributed by atoms with Crippen molar-refractivity contribution in [2.75, 3.05) is 13.7 Å². The van der Waals surface area contributed by atoms with Crippen molar-refractivity contribution in [1.82, 2.24) is 10.6 Å². The number of nitrogens with one attached hydrogen (secondary N) is 2. The van der Waals surface area contributed by atoms with Crippen molar-refractivity contribution in [3.05, 3.63) is 65.0 Å². The molecule has 0 radical (unpaired) electrons. The molecule has 5 heteroatoms. The summed E-state index contributed by atoms with van der Waals surface area (Å²) in [7, 11) is 1.44. The van der Waals surface area contributed by atoms with Gasteiger partial charge in [-0.3, -0.25) is 4.79 Å². The largest absolute Gasteiger partial charge is 0.494 e. The molecule has 0 aromatic heterocycles. The van der Waals surface area contributed by atoms with Crippen LogP contribution in [0.15, 0.2) is 42.5 Å². The van der Waals surface area contributed by atoms with Crippen molar-refractivity contribution in [1.29, 1.82) is 0 Å². The minimum Gasteiger partial charge on any atom is -0.494 e. The fourth-order valence-electron chi connectivity index (χ4n) is 2.33. The summed E-state index contributed by atoms with van der Waals surface area (Å²) in [6.07, 6.45) is 0.908. The molecule has 2 rings (SSSR count). The van der Waals surface area contributed by atoms with Crippen molar-refractivity contribution < 1.29 is 13.9 Å². The van der Waals surface area contributed by atoms with Gasteiger partial charge in [-0.15, -0.1) is 0 Å². The van der Waals surface area contributed by atoms with Crippen LogP contribution in [0.2, 0.25) is 0 Å². The van der Waals surface area contributed by atoms with Crippen molar-refractivity contribution in [3.63, 3.8) is 0 Å². The first-order valence-corrected chi connectivity index (χ1v) is 8.04. The Morgan fingerprint density at radius 3 is 2.54 bits per heavy atom. The first kappa shape index (κ1) is 17.9. The second-order valence-corrected chi connectivity index (χ2v) is 5.53. The van der Waals surface area contributed by atoms with Crippen LogP contribution in [0.1, 0.15) is 34.8 Å². The highest BCUT2D eigenvalue weighted by atomic mass is 19.1. The number of hydrogen-bond donors (Lipinski definition) is 2. The van der Waals surface area contributed by atoms with E-state index in [1.165, 1.54) is 13.2 Å². The molecule has 24 heavy (non-hydrogen) atoms. The third-order valence-electron chi connectivity index (χ3n) is 3.60. The fourth-order valence-corrected chi connectivity index (χ4v) is 2.33. The molecule has 0 aliphatic carbocycles. The zero-order valence-electron chi connectivity index (χ0n) is 14.1. The van der Waals surface area contributed by atoms with E-state index in [1.807, 2.05) is 31.2 Å². The van der Waals surface area contributed by atoms with Gasteiger partial charge in [-0.1, -0.05) is 25.1 Å². The van der Waals surface area contributed by atoms with Gasteiger partial charge in [-0.25, -0.2) is 4.39 Å². The first-order chi connectivity index (χ1) is 11.6. The highest BCUT2D eigenvalue weighted by Gasteiger charge is 2.06. The number of carbonyl (C=O) groups is 1. The summed E-state index contributed by atoms with van der Waals surface area (Å²) in [5.41, 5.74) is 2.50. The number of hydrogen-bond acceptors (Lipinski definition) is 3. The van der Waals surface area contributed by atoms with Crippen LogP contribution >= 0.6 is 0 Å². The van der Waals surface area contributed by atoms with Crippen LogP contribution in [0.5, 0.6) is 5.75 Å². The highest BCUT2D eigenvalue weighted by molar-refractivity contribution is 5.94. The Morgan fingerprint density at radius 2 is 1.88 bits per heavy atom. The molecule has 2 aromatic rings. The average Bonchev–Trinajstić information content (AvgIpc) is 2.60. The predicted octanol–water partition coefficient (Wildman–Crippen LogP) is 3.26. The van der Waals surface area contributed by atoms with E-state index in [0.717, 1.165) is 17.5 Å². The maximum atomic E-state index is 13.6. The summed E-state index contributed by atoms with van der Waals surface area (Å²) in [5.74, 6) is -0.188. The molecule has 0 bridgehead atoms. The van der Waals surface area contributed by atoms with Gasteiger partial charge < -0.3 is 15.4 Å². The predicted molar refractivity (Wildman–Crippen MR) is 92.6 cm³/mol. The van der Waals surface area contributed by atoms with Gasteiger partial charge in [0.2, 0.25) is 0 Å². The number of rotatable bonds is 8. The van der Waals surface area contributed by atoms with Crippen LogP contribution in [0, 0.1) is 5.82 Å². The number of benzene rings is 2. The molecule has 0 saturated heterocycles. The lowest BCUT2D eigenvalue weighted by atomic mass is 10.1. The third kappa shape index (κ3) is 5.06. The SMILES string of the molecule is CCCNC(=O)c1cccc(CNCc2ccc(OC)c(F)c2)c1. The maximum Gasteiger partial charge on any atom is 0.251 e. The average molecular weight is 330 g/mol. The van der Waals surface area contributed by atoms with Crippen LogP contribution in [0.25, 0.3) is 0 Å². The Morgan fingerprint density at radius 1 is 1.12 bits per heavy atom. The third-order valence-corrected chi connectivity index (χ3v) is 3.60. The minimum absolute atomic E-state index is 0.0593. The monoisotopic (exact) mass is 330 g/mol. The Kier molecular flexibility index (Phi) is 6.75. The second-order valence-electron chi connectivity index (χ2n) is 5.53. The van der Waals surface area contributed by atoms with Crippen LogP contribution in [-0.2, 0) is 13.1 Å². The Bertz CT molecular complexity index is 689. The zero-order chi connectivity index (χ0) is 17.4. The van der Waals surface area contributed by atoms with Crippen LogP contribution in [-0.4, -0.2) is 19.6 Å². The van der Waals surface area contributed by atoms with Gasteiger partial charge in [0.1, 0.15) is 0 Å². The smallest absolute Gasteiger partial charge is 0.251 e. The van der Waals surface area contributed by atoms with Crippen LogP contribution in [0.4, 0.5) is 4.39 Å². The van der Waals surface area contributed by atoms with Gasteiger partial charge in [0.05, 0.1) is 7.11 Å². The number of methoxy groups -OCH3 is 1. The Hall–Kier alpha value is -2.40. The van der Waals surface area contributed by atoms with Gasteiger partial charge in [-0.05, 0) is 41.8 Å². The Labute approximate surface area is 142 Å². The Balaban J connectivity index is 1.90. The molecule has 0 aliphatic rings. The van der Waals surface area contributed by atoms with Gasteiger partial charge in [-0.2, -0.15) is 0 Å². The van der Waals surface area contributed by atoms with E-state index in [0.29, 0.717) is 25.2 Å². The first-order valence-electron chi connectivity index (χ1n) is 8.04. The quantitative estimate of drug-likeness (QED) is 0.781. The lowest BCUT2D eigenvalue weighted by molar-refractivity contribution is 0.0953. The summed E-state index contributed by atoms with van der Waals surface area (Å²) >= 11 is 0. The summed E-state index contributed by atoms with van der Waals surface area (Å²) in [6.45, 7) is 3.82. The van der Waals surface area contributed by atoms with Crippen molar-refractivity contribution in [3.8, 4) is 5.75 Å². The van der Waals surface area contributed by atoms with Crippen molar-refractivity contribution in [2.45, 2.75) is 26.4 Å². The van der Waals surface area contributed by atoms with E-state index in [9.17, 15) is 9.18 Å². The minimum atomic E-state index is -0.369. The highest BCUT2D eigenvalue weighted by Crippen LogP contribution is 2.17. The number of amides is 1. The standard InChI is InChI=1S/C19H23FN2O2/c1-3-9-22-19(23)16-6-4-5-14(10-16)12-21-13-15-7-8-18(24-2)17(20)11-15/h4-8,10-11,21H,3,9,12-13H2,1-2H3,(H,22,23). The fraction of sp³-hybridized carbons (Fsp3) is 0.316. The van der Waals surface area contributed by atoms with E-state index in [1.54, 1.807) is 12.1 Å². The van der Waals surface area contributed by atoms with Gasteiger partial charge >= 0.3 is 0 Å². The van der Waals surface area contributed by atoms with Crippen molar-refractivity contribution in [2.24, 2.45) is 0 Å². The molecule has 0 unspecified atom stereocenters. The van der Waals surface area contributed by atoms with E-state index in [2.05, 4.69) is 10.6 Å². The molecule has 2 aromatic carbocycles. The molecule has 0 spiro atoms. The topological polar surface area (TPSA) is 50.4 Å². The summed E-state index contributed by atoms with van der Waals surface area (Å²) in [4.78, 5) is 12.0. The van der Waals surface area contributed by atoms with Crippen LogP contribution < -0.4 is 15.4 Å². The van der Waals surface area contributed by atoms with Crippen LogP contribution in [0.3, 0.4) is 0 Å². The molecule has 0 saturated carbocycles. The lowest BCUT2D eigenvalue weighted by Gasteiger charge is -2.09. The lowest BCUT2D eigenvalue weighted by Crippen LogP contribution is -2.24. The van der Waals surface area contributed by atoms with Gasteiger partial charge in [0.25, 0.3) is 5.91 Å². The van der Waals surface area contributed by atoms with Gasteiger partial charge in [0.15, 0.2) is 11.6 Å². The van der Waals surface area contributed by atoms with Crippen molar-refractivity contribution >= 4 is 5.91 Å². The van der Waals surface area contributed by atoms with E-state index >= 15 is 0 Å². The summed E-state index contributed by atoms with van der Waals surface area (Å²) < 4.78 is 18.6. The van der Waals surface area contributed by atoms with Gasteiger partial charge in [0, 0.05) is 25.2 Å². The molecular weight excluding hydrogens is 307 g/mol. The molecule has 2 N–H and O–H groups in total. The zero-order valence-corrected chi connectivity index (χ0v) is 14.1. The number of halogens is 1. The molecule has 0 aliphatic heterocycles. The molecule has 0 fully saturated rings. The van der Waals surface area contributed by atoms with E-state index in [4.69, 9.17) is 4.74 Å². The molecule has 128 valence electrons. The summed E-state index contributed by atoms with van der Waals surface area (Å²) in [5, 5.41) is 6.11. The summed E-state index contributed by atoms with van der Waals surface area (Å²) in [6, 6.07) is 12.4. The second kappa shape index (κ2) is 9.03. The molecule has 0 heterocycles. The normalized spacial score (nSPS) is 10.5.